The van der Waals surface area contributed by atoms with Gasteiger partial charge in [-0.3, -0.25) is 0 Å². The molecule has 0 fully saturated rings. The summed E-state index contributed by atoms with van der Waals surface area (Å²) < 4.78 is 10.6. The van der Waals surface area contributed by atoms with E-state index in [0.29, 0.717) is 21.6 Å². The first-order valence-corrected chi connectivity index (χ1v) is 7.58. The summed E-state index contributed by atoms with van der Waals surface area (Å²) in [5.74, 6) is -0.358. The van der Waals surface area contributed by atoms with Crippen molar-refractivity contribution < 1.29 is 19.1 Å². The van der Waals surface area contributed by atoms with Crippen LogP contribution in [-0.2, 0) is 4.74 Å². The van der Waals surface area contributed by atoms with Crippen LogP contribution in [-0.4, -0.2) is 17.7 Å². The van der Waals surface area contributed by atoms with Crippen molar-refractivity contribution in [2.75, 3.05) is 6.61 Å². The van der Waals surface area contributed by atoms with E-state index in [9.17, 15) is 9.90 Å². The summed E-state index contributed by atoms with van der Waals surface area (Å²) in [5.41, 5.74) is 2.67. The third-order valence-electron chi connectivity index (χ3n) is 3.65. The summed E-state index contributed by atoms with van der Waals surface area (Å²) in [7, 11) is 0. The molecule has 0 bridgehead atoms. The average Bonchev–Trinajstić information content (AvgIpc) is 2.86. The number of benzene rings is 2. The molecule has 0 saturated carbocycles. The second kappa shape index (κ2) is 5.97. The van der Waals surface area contributed by atoms with Crippen LogP contribution in [0.25, 0.3) is 22.1 Å². The quantitative estimate of drug-likeness (QED) is 0.691. The predicted molar refractivity (Wildman–Crippen MR) is 89.0 cm³/mol. The molecule has 5 heteroatoms. The lowest BCUT2D eigenvalue weighted by Crippen LogP contribution is -2.04. The molecule has 0 aliphatic rings. The van der Waals surface area contributed by atoms with Gasteiger partial charge in [0.2, 0.25) is 5.76 Å². The van der Waals surface area contributed by atoms with E-state index in [2.05, 4.69) is 0 Å². The SMILES string of the molecule is CCOC(=O)c1oc2cc(-c3ccc(Cl)cc3)cc(O)c2c1C. The van der Waals surface area contributed by atoms with E-state index >= 15 is 0 Å². The molecule has 118 valence electrons. The minimum absolute atomic E-state index is 0.0595. The highest BCUT2D eigenvalue weighted by atomic mass is 35.5. The number of halogens is 1. The van der Waals surface area contributed by atoms with Crippen LogP contribution in [0.15, 0.2) is 40.8 Å². The first-order chi connectivity index (χ1) is 11.0. The highest BCUT2D eigenvalue weighted by Crippen LogP contribution is 2.37. The second-order valence-electron chi connectivity index (χ2n) is 5.15. The van der Waals surface area contributed by atoms with Crippen LogP contribution in [0.5, 0.6) is 5.75 Å². The van der Waals surface area contributed by atoms with Gasteiger partial charge in [-0.05, 0) is 49.2 Å². The molecule has 1 N–H and O–H groups in total. The van der Waals surface area contributed by atoms with Crippen molar-refractivity contribution in [1.29, 1.82) is 0 Å². The molecular weight excluding hydrogens is 316 g/mol. The highest BCUT2D eigenvalue weighted by Gasteiger charge is 2.21. The zero-order chi connectivity index (χ0) is 16.6. The standard InChI is InChI=1S/C18H15ClO4/c1-3-22-18(21)17-10(2)16-14(20)8-12(9-15(16)23-17)11-4-6-13(19)7-5-11/h4-9,20H,3H2,1-2H3. The molecule has 0 radical (unpaired) electrons. The molecule has 0 aliphatic heterocycles. The number of carbonyl (C=O) groups excluding carboxylic acids is 1. The van der Waals surface area contributed by atoms with Crippen molar-refractivity contribution in [3.8, 4) is 16.9 Å². The molecule has 0 saturated heterocycles. The molecule has 0 amide bonds. The maximum absolute atomic E-state index is 11.9. The van der Waals surface area contributed by atoms with Crippen LogP contribution in [0.3, 0.4) is 0 Å². The summed E-state index contributed by atoms with van der Waals surface area (Å²) in [6.07, 6.45) is 0. The number of esters is 1. The lowest BCUT2D eigenvalue weighted by Gasteiger charge is -2.04. The fourth-order valence-electron chi connectivity index (χ4n) is 2.56. The minimum Gasteiger partial charge on any atom is -0.507 e. The van der Waals surface area contributed by atoms with Crippen molar-refractivity contribution >= 4 is 28.5 Å². The molecule has 1 heterocycles. The van der Waals surface area contributed by atoms with Gasteiger partial charge >= 0.3 is 5.97 Å². The number of rotatable bonds is 3. The minimum atomic E-state index is -0.534. The number of phenols is 1. The Morgan fingerprint density at radius 2 is 1.91 bits per heavy atom. The Balaban J connectivity index is 2.15. The number of fused-ring (bicyclic) bond motifs is 1. The third kappa shape index (κ3) is 2.78. The second-order valence-corrected chi connectivity index (χ2v) is 5.59. The van der Waals surface area contributed by atoms with E-state index < -0.39 is 5.97 Å². The fraction of sp³-hybridized carbons (Fsp3) is 0.167. The van der Waals surface area contributed by atoms with Gasteiger partial charge in [-0.15, -0.1) is 0 Å². The summed E-state index contributed by atoms with van der Waals surface area (Å²) in [5, 5.41) is 11.5. The average molecular weight is 331 g/mol. The summed E-state index contributed by atoms with van der Waals surface area (Å²) in [4.78, 5) is 11.9. The van der Waals surface area contributed by atoms with E-state index in [1.807, 2.05) is 12.1 Å². The number of furan rings is 1. The van der Waals surface area contributed by atoms with E-state index in [1.54, 1.807) is 38.1 Å². The van der Waals surface area contributed by atoms with Crippen molar-refractivity contribution in [2.45, 2.75) is 13.8 Å². The van der Waals surface area contributed by atoms with Crippen LogP contribution in [0, 0.1) is 6.92 Å². The molecule has 3 rings (SSSR count). The van der Waals surface area contributed by atoms with Crippen LogP contribution in [0.2, 0.25) is 5.02 Å². The van der Waals surface area contributed by atoms with Crippen molar-refractivity contribution in [3.63, 3.8) is 0 Å². The van der Waals surface area contributed by atoms with Gasteiger partial charge in [0.15, 0.2) is 0 Å². The van der Waals surface area contributed by atoms with E-state index in [4.69, 9.17) is 20.8 Å². The summed E-state index contributed by atoms with van der Waals surface area (Å²) in [6, 6.07) is 10.7. The number of hydrogen-bond acceptors (Lipinski definition) is 4. The van der Waals surface area contributed by atoms with E-state index in [1.165, 1.54) is 0 Å². The number of hydrogen-bond donors (Lipinski definition) is 1. The summed E-state index contributed by atoms with van der Waals surface area (Å²) >= 11 is 5.89. The smallest absolute Gasteiger partial charge is 0.374 e. The van der Waals surface area contributed by atoms with Gasteiger partial charge in [0.1, 0.15) is 11.3 Å². The molecule has 23 heavy (non-hydrogen) atoms. The lowest BCUT2D eigenvalue weighted by atomic mass is 10.0. The number of aromatic hydroxyl groups is 1. The van der Waals surface area contributed by atoms with E-state index in [-0.39, 0.29) is 18.1 Å². The largest absolute Gasteiger partial charge is 0.507 e. The van der Waals surface area contributed by atoms with Gasteiger partial charge in [0, 0.05) is 10.6 Å². The molecule has 0 aliphatic carbocycles. The molecule has 0 unspecified atom stereocenters. The molecule has 4 nitrogen and oxygen atoms in total. The number of ether oxygens (including phenoxy) is 1. The predicted octanol–water partition coefficient (Wildman–Crippen LogP) is 4.94. The first kappa shape index (κ1) is 15.4. The zero-order valence-electron chi connectivity index (χ0n) is 12.7. The van der Waals surface area contributed by atoms with Crippen LogP contribution >= 0.6 is 11.6 Å². The van der Waals surface area contributed by atoms with Gasteiger partial charge in [-0.2, -0.15) is 0 Å². The molecule has 3 aromatic rings. The Kier molecular flexibility index (Phi) is 4.01. The molecule has 0 atom stereocenters. The van der Waals surface area contributed by atoms with Gasteiger partial charge in [0.25, 0.3) is 0 Å². The Bertz CT molecular complexity index is 878. The zero-order valence-corrected chi connectivity index (χ0v) is 13.5. The maximum atomic E-state index is 11.9. The Morgan fingerprint density at radius 3 is 2.57 bits per heavy atom. The Morgan fingerprint density at radius 1 is 1.22 bits per heavy atom. The number of phenolic OH excluding ortho intramolecular Hbond substituents is 1. The maximum Gasteiger partial charge on any atom is 0.374 e. The Labute approximate surface area is 138 Å². The van der Waals surface area contributed by atoms with Gasteiger partial charge in [-0.25, -0.2) is 4.79 Å². The third-order valence-corrected chi connectivity index (χ3v) is 3.90. The normalized spacial score (nSPS) is 10.9. The topological polar surface area (TPSA) is 59.7 Å². The summed E-state index contributed by atoms with van der Waals surface area (Å²) in [6.45, 7) is 3.71. The van der Waals surface area contributed by atoms with Crippen LogP contribution in [0.1, 0.15) is 23.0 Å². The molecule has 2 aromatic carbocycles. The van der Waals surface area contributed by atoms with Gasteiger partial charge in [0.05, 0.1) is 12.0 Å². The molecular formula is C18H15ClO4. The fourth-order valence-corrected chi connectivity index (χ4v) is 2.68. The monoisotopic (exact) mass is 330 g/mol. The van der Waals surface area contributed by atoms with Gasteiger partial charge in [-0.1, -0.05) is 23.7 Å². The first-order valence-electron chi connectivity index (χ1n) is 7.20. The number of aryl methyl sites for hydroxylation is 1. The lowest BCUT2D eigenvalue weighted by molar-refractivity contribution is 0.0491. The van der Waals surface area contributed by atoms with E-state index in [0.717, 1.165) is 11.1 Å². The Hall–Kier alpha value is -2.46. The van der Waals surface area contributed by atoms with Crippen molar-refractivity contribution in [3.05, 3.63) is 52.7 Å². The number of carbonyl (C=O) groups is 1. The van der Waals surface area contributed by atoms with Gasteiger partial charge < -0.3 is 14.3 Å². The van der Waals surface area contributed by atoms with Crippen LogP contribution in [0.4, 0.5) is 0 Å². The molecule has 1 aromatic heterocycles. The van der Waals surface area contributed by atoms with Crippen molar-refractivity contribution in [2.24, 2.45) is 0 Å². The highest BCUT2D eigenvalue weighted by molar-refractivity contribution is 6.30. The van der Waals surface area contributed by atoms with Crippen LogP contribution < -0.4 is 0 Å². The molecule has 0 spiro atoms. The van der Waals surface area contributed by atoms with Crippen molar-refractivity contribution in [1.82, 2.24) is 0 Å².